The van der Waals surface area contributed by atoms with Gasteiger partial charge in [0.05, 0.1) is 23.6 Å². The van der Waals surface area contributed by atoms with Gasteiger partial charge in [-0.3, -0.25) is 9.59 Å². The highest BCUT2D eigenvalue weighted by Crippen LogP contribution is 2.44. The predicted molar refractivity (Wildman–Crippen MR) is 124 cm³/mol. The Morgan fingerprint density at radius 1 is 1.19 bits per heavy atom. The van der Waals surface area contributed by atoms with Gasteiger partial charge in [-0.2, -0.15) is 10.4 Å². The summed E-state index contributed by atoms with van der Waals surface area (Å²) in [7, 11) is 1.45. The molecule has 0 saturated carbocycles. The van der Waals surface area contributed by atoms with Gasteiger partial charge in [0.25, 0.3) is 5.56 Å². The molecule has 0 spiro atoms. The van der Waals surface area contributed by atoms with Crippen LogP contribution in [-0.4, -0.2) is 39.0 Å². The monoisotopic (exact) mass is 492 g/mol. The zero-order valence-electron chi connectivity index (χ0n) is 19.3. The molecule has 1 aliphatic rings. The summed E-state index contributed by atoms with van der Waals surface area (Å²) in [6.45, 7) is 3.01. The SMILES string of the molecule is Cc1cc(C#N)cc(-c2nn(CC(=O)N(C)c3cc4c(cc3C)OC(F)(F)O4)c(=O)c3[nH]cnc23)c1. The molecular weight excluding hydrogens is 474 g/mol. The summed E-state index contributed by atoms with van der Waals surface area (Å²) in [4.78, 5) is 34.4. The molecule has 0 atom stereocenters. The van der Waals surface area contributed by atoms with Crippen LogP contribution in [-0.2, 0) is 11.3 Å². The lowest BCUT2D eigenvalue weighted by Gasteiger charge is -2.20. The van der Waals surface area contributed by atoms with Crippen molar-refractivity contribution in [3.05, 3.63) is 63.7 Å². The van der Waals surface area contributed by atoms with Crippen LogP contribution in [0, 0.1) is 25.2 Å². The van der Waals surface area contributed by atoms with E-state index in [4.69, 9.17) is 0 Å². The van der Waals surface area contributed by atoms with E-state index in [0.29, 0.717) is 33.6 Å². The lowest BCUT2D eigenvalue weighted by Crippen LogP contribution is -2.35. The third-order valence-electron chi connectivity index (χ3n) is 5.75. The first kappa shape index (κ1) is 23.0. The van der Waals surface area contributed by atoms with Crippen molar-refractivity contribution < 1.29 is 23.0 Å². The second-order valence-corrected chi connectivity index (χ2v) is 8.34. The van der Waals surface area contributed by atoms with Crippen LogP contribution in [0.15, 0.2) is 41.5 Å². The molecule has 0 unspecified atom stereocenters. The van der Waals surface area contributed by atoms with E-state index in [9.17, 15) is 23.6 Å². The Kier molecular flexibility index (Phi) is 5.21. The Bertz CT molecular complexity index is 1650. The normalized spacial score (nSPS) is 13.6. The number of H-pyrrole nitrogens is 1. The summed E-state index contributed by atoms with van der Waals surface area (Å²) >= 11 is 0. The van der Waals surface area contributed by atoms with E-state index < -0.39 is 24.3 Å². The van der Waals surface area contributed by atoms with Gasteiger partial charge in [-0.15, -0.1) is 8.78 Å². The van der Waals surface area contributed by atoms with Crippen molar-refractivity contribution in [2.75, 3.05) is 11.9 Å². The quantitative estimate of drug-likeness (QED) is 0.463. The van der Waals surface area contributed by atoms with Gasteiger partial charge in [0.2, 0.25) is 5.91 Å². The average Bonchev–Trinajstić information content (AvgIpc) is 3.42. The molecule has 10 nitrogen and oxygen atoms in total. The van der Waals surface area contributed by atoms with Gasteiger partial charge < -0.3 is 19.4 Å². The Morgan fingerprint density at radius 2 is 1.92 bits per heavy atom. The fourth-order valence-electron chi connectivity index (χ4n) is 4.08. The smallest absolute Gasteiger partial charge is 0.395 e. The zero-order valence-corrected chi connectivity index (χ0v) is 19.3. The first-order valence-corrected chi connectivity index (χ1v) is 10.7. The number of likely N-dealkylation sites (N-methyl/N-ethyl adjacent to an activating group) is 1. The minimum atomic E-state index is -3.79. The molecule has 3 heterocycles. The number of ether oxygens (including phenoxy) is 2. The number of hydrogen-bond donors (Lipinski definition) is 1. The maximum atomic E-state index is 13.4. The van der Waals surface area contributed by atoms with Gasteiger partial charge in [-0.25, -0.2) is 9.67 Å². The number of aromatic amines is 1. The van der Waals surface area contributed by atoms with E-state index in [1.54, 1.807) is 25.1 Å². The molecule has 182 valence electrons. The Hall–Kier alpha value is -4.79. The summed E-state index contributed by atoms with van der Waals surface area (Å²) in [6.07, 6.45) is -2.44. The van der Waals surface area contributed by atoms with Gasteiger partial charge in [0.15, 0.2) is 11.5 Å². The number of nitrogens with zero attached hydrogens (tertiary/aromatic N) is 5. The van der Waals surface area contributed by atoms with Gasteiger partial charge >= 0.3 is 6.29 Å². The van der Waals surface area contributed by atoms with Crippen molar-refractivity contribution in [2.24, 2.45) is 0 Å². The molecule has 2 aromatic heterocycles. The van der Waals surface area contributed by atoms with Crippen LogP contribution in [0.5, 0.6) is 11.5 Å². The van der Waals surface area contributed by atoms with Crippen molar-refractivity contribution in [1.82, 2.24) is 19.7 Å². The topological polar surface area (TPSA) is 126 Å². The van der Waals surface area contributed by atoms with Crippen molar-refractivity contribution in [2.45, 2.75) is 26.7 Å². The summed E-state index contributed by atoms with van der Waals surface area (Å²) in [5.74, 6) is -0.876. The number of rotatable bonds is 4. The lowest BCUT2D eigenvalue weighted by atomic mass is 10.0. The molecule has 0 fully saturated rings. The lowest BCUT2D eigenvalue weighted by molar-refractivity contribution is -0.286. The maximum absolute atomic E-state index is 13.4. The number of anilines is 1. The van der Waals surface area contributed by atoms with E-state index in [0.717, 1.165) is 10.2 Å². The predicted octanol–water partition coefficient (Wildman–Crippen LogP) is 3.26. The number of alkyl halides is 2. The molecule has 36 heavy (non-hydrogen) atoms. The van der Waals surface area contributed by atoms with Crippen LogP contribution >= 0.6 is 0 Å². The third-order valence-corrected chi connectivity index (χ3v) is 5.75. The largest absolute Gasteiger partial charge is 0.586 e. The number of carbonyl (C=O) groups excluding carboxylic acids is 1. The van der Waals surface area contributed by atoms with E-state index in [1.807, 2.05) is 6.92 Å². The van der Waals surface area contributed by atoms with Crippen LogP contribution in [0.25, 0.3) is 22.3 Å². The molecule has 1 aliphatic heterocycles. The van der Waals surface area contributed by atoms with Crippen molar-refractivity contribution in [1.29, 1.82) is 5.26 Å². The van der Waals surface area contributed by atoms with Gasteiger partial charge in [0.1, 0.15) is 23.3 Å². The number of benzene rings is 2. The average molecular weight is 492 g/mol. The minimum absolute atomic E-state index is 0.135. The molecule has 0 radical (unpaired) electrons. The van der Waals surface area contributed by atoms with Crippen LogP contribution in [0.3, 0.4) is 0 Å². The number of nitrogens with one attached hydrogen (secondary N) is 1. The first-order chi connectivity index (χ1) is 17.1. The van der Waals surface area contributed by atoms with E-state index in [2.05, 4.69) is 30.6 Å². The minimum Gasteiger partial charge on any atom is -0.395 e. The number of fused-ring (bicyclic) bond motifs is 2. The molecule has 12 heteroatoms. The molecule has 1 N–H and O–H groups in total. The number of carbonyl (C=O) groups is 1. The highest BCUT2D eigenvalue weighted by molar-refractivity contribution is 5.94. The highest BCUT2D eigenvalue weighted by Gasteiger charge is 2.44. The van der Waals surface area contributed by atoms with Crippen LogP contribution < -0.4 is 19.9 Å². The Labute approximate surface area is 202 Å². The molecule has 1 amide bonds. The number of nitriles is 1. The fraction of sp³-hybridized carbons (Fsp3) is 0.208. The zero-order chi connectivity index (χ0) is 25.8. The number of aryl methyl sites for hydroxylation is 2. The second kappa shape index (κ2) is 8.16. The standard InChI is InChI=1S/C24H18F2N6O4/c1-12-4-14(9-27)7-15(5-12)20-21-22(29-11-28-21)23(34)32(30-20)10-19(33)31(3)16-8-18-17(6-13(16)2)35-24(25,26)36-18/h4-8,11H,10H2,1-3H3,(H,28,29). The second-order valence-electron chi connectivity index (χ2n) is 8.34. The third kappa shape index (κ3) is 3.90. The highest BCUT2D eigenvalue weighted by atomic mass is 19.3. The van der Waals surface area contributed by atoms with Gasteiger partial charge in [-0.05, 0) is 49.2 Å². The molecule has 0 bridgehead atoms. The van der Waals surface area contributed by atoms with Crippen molar-refractivity contribution in [3.8, 4) is 28.8 Å². The van der Waals surface area contributed by atoms with E-state index >= 15 is 0 Å². The molecular formula is C24H18F2N6O4. The first-order valence-electron chi connectivity index (χ1n) is 10.7. The molecule has 5 rings (SSSR count). The van der Waals surface area contributed by atoms with Gasteiger partial charge in [0, 0.05) is 18.7 Å². The maximum Gasteiger partial charge on any atom is 0.586 e. The summed E-state index contributed by atoms with van der Waals surface area (Å²) in [5.41, 5.74) is 2.78. The number of halogens is 2. The molecule has 4 aromatic rings. The number of amides is 1. The summed E-state index contributed by atoms with van der Waals surface area (Å²) in [5, 5.41) is 13.7. The van der Waals surface area contributed by atoms with E-state index in [-0.39, 0.29) is 17.0 Å². The molecule has 0 saturated heterocycles. The number of aromatic nitrogens is 4. The number of imidazole rings is 1. The van der Waals surface area contributed by atoms with Crippen LogP contribution in [0.1, 0.15) is 16.7 Å². The van der Waals surface area contributed by atoms with Crippen LogP contribution in [0.4, 0.5) is 14.5 Å². The summed E-state index contributed by atoms with van der Waals surface area (Å²) < 4.78 is 36.8. The van der Waals surface area contributed by atoms with Crippen LogP contribution in [0.2, 0.25) is 0 Å². The van der Waals surface area contributed by atoms with Crippen molar-refractivity contribution in [3.63, 3.8) is 0 Å². The van der Waals surface area contributed by atoms with Gasteiger partial charge in [-0.1, -0.05) is 0 Å². The molecule has 2 aromatic carbocycles. The van der Waals surface area contributed by atoms with E-state index in [1.165, 1.54) is 30.4 Å². The van der Waals surface area contributed by atoms with Crippen molar-refractivity contribution >= 4 is 22.6 Å². The molecule has 0 aliphatic carbocycles. The fourth-order valence-corrected chi connectivity index (χ4v) is 4.08. The Balaban J connectivity index is 1.52. The summed E-state index contributed by atoms with van der Waals surface area (Å²) in [6, 6.07) is 9.84. The number of hydrogen-bond acceptors (Lipinski definition) is 7. The Morgan fingerprint density at radius 3 is 2.64 bits per heavy atom.